The van der Waals surface area contributed by atoms with E-state index in [4.69, 9.17) is 4.74 Å². The Morgan fingerprint density at radius 1 is 1.06 bits per heavy atom. The smallest absolute Gasteiger partial charge is 0.343 e. The maximum atomic E-state index is 12.3. The number of ether oxygens (including phenoxy) is 1. The highest BCUT2D eigenvalue weighted by Gasteiger charge is 2.32. The number of benzene rings is 3. The monoisotopic (exact) mass is 486 g/mol. The molecule has 176 valence electrons. The van der Waals surface area contributed by atoms with Crippen molar-refractivity contribution in [1.82, 2.24) is 5.32 Å². The zero-order chi connectivity index (χ0) is 24.6. The van der Waals surface area contributed by atoms with E-state index >= 15 is 0 Å². The number of rotatable bonds is 7. The van der Waals surface area contributed by atoms with E-state index in [9.17, 15) is 14.4 Å². The predicted octanol–water partition coefficient (Wildman–Crippen LogP) is 4.16. The van der Waals surface area contributed by atoms with Crippen molar-refractivity contribution < 1.29 is 19.1 Å². The first-order valence-electron chi connectivity index (χ1n) is 10.8. The van der Waals surface area contributed by atoms with Crippen molar-refractivity contribution in [3.8, 4) is 5.75 Å². The Kier molecular flexibility index (Phi) is 7.69. The van der Waals surface area contributed by atoms with Gasteiger partial charge in [-0.3, -0.25) is 9.59 Å². The van der Waals surface area contributed by atoms with E-state index in [1.54, 1.807) is 48.5 Å². The summed E-state index contributed by atoms with van der Waals surface area (Å²) in [5, 5.41) is 13.2. The minimum Gasteiger partial charge on any atom is -0.423 e. The van der Waals surface area contributed by atoms with Crippen molar-refractivity contribution in [1.29, 1.82) is 0 Å². The molecular weight excluding hydrogens is 464 g/mol. The molecule has 1 unspecified atom stereocenters. The molecule has 1 heterocycles. The van der Waals surface area contributed by atoms with Crippen LogP contribution < -0.4 is 15.4 Å². The largest absolute Gasteiger partial charge is 0.423 e. The number of hydrogen-bond donors (Lipinski definition) is 2. The molecule has 1 saturated heterocycles. The summed E-state index contributed by atoms with van der Waals surface area (Å²) >= 11 is 1.15. The van der Waals surface area contributed by atoms with Crippen LogP contribution in [0.5, 0.6) is 5.75 Å². The Morgan fingerprint density at radius 3 is 2.60 bits per heavy atom. The minimum absolute atomic E-state index is 0.0164. The number of nitrogens with zero attached hydrogens (tertiary/aromatic N) is 2. The number of hydrogen-bond acceptors (Lipinski definition) is 7. The Balaban J connectivity index is 1.32. The summed E-state index contributed by atoms with van der Waals surface area (Å²) in [6.45, 7) is 1.94. The average molecular weight is 487 g/mol. The van der Waals surface area contributed by atoms with Crippen molar-refractivity contribution in [3.05, 3.63) is 95.6 Å². The lowest BCUT2D eigenvalue weighted by Gasteiger charge is -2.06. The third-order valence-corrected chi connectivity index (χ3v) is 5.99. The van der Waals surface area contributed by atoms with Gasteiger partial charge < -0.3 is 15.4 Å². The molecule has 0 spiro atoms. The molecule has 9 heteroatoms. The molecule has 0 bridgehead atoms. The van der Waals surface area contributed by atoms with Gasteiger partial charge in [0.05, 0.1) is 11.8 Å². The topological polar surface area (TPSA) is 109 Å². The molecular formula is C26H22N4O4S. The highest BCUT2D eigenvalue weighted by Crippen LogP contribution is 2.23. The lowest BCUT2D eigenvalue weighted by Crippen LogP contribution is -2.28. The summed E-state index contributed by atoms with van der Waals surface area (Å²) in [5.74, 6) is -0.630. The number of anilines is 1. The molecule has 35 heavy (non-hydrogen) atoms. The highest BCUT2D eigenvalue weighted by molar-refractivity contribution is 8.15. The average Bonchev–Trinajstić information content (AvgIpc) is 3.19. The van der Waals surface area contributed by atoms with E-state index in [2.05, 4.69) is 20.8 Å². The van der Waals surface area contributed by atoms with E-state index in [0.717, 1.165) is 17.3 Å². The van der Waals surface area contributed by atoms with Gasteiger partial charge in [0, 0.05) is 12.1 Å². The van der Waals surface area contributed by atoms with Crippen LogP contribution in [0.4, 0.5) is 5.69 Å². The van der Waals surface area contributed by atoms with Gasteiger partial charge in [0.2, 0.25) is 11.8 Å². The first-order valence-corrected chi connectivity index (χ1v) is 11.7. The fourth-order valence-electron chi connectivity index (χ4n) is 3.15. The van der Waals surface area contributed by atoms with E-state index in [-0.39, 0.29) is 18.2 Å². The number of carbonyl (C=O) groups excluding carboxylic acids is 3. The molecule has 2 N–H and O–H groups in total. The fourth-order valence-corrected chi connectivity index (χ4v) is 4.07. The summed E-state index contributed by atoms with van der Waals surface area (Å²) in [6.07, 6.45) is 1.50. The van der Waals surface area contributed by atoms with Crippen molar-refractivity contribution >= 4 is 46.6 Å². The predicted molar refractivity (Wildman–Crippen MR) is 137 cm³/mol. The van der Waals surface area contributed by atoms with Crippen LogP contribution in [0.15, 0.2) is 89.1 Å². The Labute approximate surface area is 206 Å². The molecule has 8 nitrogen and oxygen atoms in total. The number of esters is 1. The number of thioether (sulfide) groups is 1. The first kappa shape index (κ1) is 23.9. The van der Waals surface area contributed by atoms with Crippen LogP contribution in [0.1, 0.15) is 27.9 Å². The summed E-state index contributed by atoms with van der Waals surface area (Å²) in [5.41, 5.74) is 2.85. The van der Waals surface area contributed by atoms with Gasteiger partial charge in [-0.2, -0.15) is 5.10 Å². The number of aryl methyl sites for hydroxylation is 1. The lowest BCUT2D eigenvalue weighted by molar-refractivity contribution is -0.122. The van der Waals surface area contributed by atoms with Crippen molar-refractivity contribution in [2.45, 2.75) is 18.6 Å². The Bertz CT molecular complexity index is 1290. The molecule has 3 aromatic carbocycles. The fraction of sp³-hybridized carbons (Fsp3) is 0.115. The normalized spacial score (nSPS) is 16.3. The summed E-state index contributed by atoms with van der Waals surface area (Å²) in [7, 11) is 0. The number of carbonyl (C=O) groups is 3. The zero-order valence-corrected chi connectivity index (χ0v) is 19.6. The van der Waals surface area contributed by atoms with Crippen molar-refractivity contribution in [3.63, 3.8) is 0 Å². The summed E-state index contributed by atoms with van der Waals surface area (Å²) in [4.78, 5) is 36.7. The van der Waals surface area contributed by atoms with E-state index in [1.165, 1.54) is 6.21 Å². The van der Waals surface area contributed by atoms with Crippen LogP contribution in [-0.4, -0.2) is 34.4 Å². The molecule has 4 rings (SSSR count). The molecule has 0 saturated carbocycles. The van der Waals surface area contributed by atoms with Crippen LogP contribution in [0, 0.1) is 6.92 Å². The van der Waals surface area contributed by atoms with Gasteiger partial charge >= 0.3 is 5.97 Å². The SMILES string of the molecule is Cc1ccc(C(=O)Oc2cccc(C=NN=C3NC(=O)C(CC(=O)Nc4ccccc4)S3)c2)cc1. The van der Waals surface area contributed by atoms with Crippen LogP contribution in [0.2, 0.25) is 0 Å². The molecule has 2 amide bonds. The van der Waals surface area contributed by atoms with Crippen molar-refractivity contribution in [2.24, 2.45) is 10.2 Å². The van der Waals surface area contributed by atoms with Gasteiger partial charge in [0.25, 0.3) is 0 Å². The van der Waals surface area contributed by atoms with Crippen molar-refractivity contribution in [2.75, 3.05) is 5.32 Å². The van der Waals surface area contributed by atoms with Gasteiger partial charge in [-0.15, -0.1) is 5.10 Å². The Hall–Kier alpha value is -4.24. The van der Waals surface area contributed by atoms with Gasteiger partial charge in [-0.05, 0) is 48.9 Å². The molecule has 1 aliphatic heterocycles. The standard InChI is InChI=1S/C26H22N4O4S/c1-17-10-12-19(13-11-17)25(33)34-21-9-5-6-18(14-21)16-27-30-26-29-24(32)22(35-26)15-23(31)28-20-7-3-2-4-8-20/h2-14,16,22H,15H2,1H3,(H,28,31)(H,29,30,32). The zero-order valence-electron chi connectivity index (χ0n) is 18.8. The van der Waals surface area contributed by atoms with E-state index in [1.807, 2.05) is 37.3 Å². The second-order valence-electron chi connectivity index (χ2n) is 7.69. The summed E-state index contributed by atoms with van der Waals surface area (Å²) < 4.78 is 5.43. The van der Waals surface area contributed by atoms with E-state index < -0.39 is 11.2 Å². The van der Waals surface area contributed by atoms with Gasteiger partial charge in [0.15, 0.2) is 5.17 Å². The molecule has 0 aliphatic carbocycles. The van der Waals surface area contributed by atoms with Gasteiger partial charge in [-0.1, -0.05) is 59.8 Å². The Morgan fingerprint density at radius 2 is 1.83 bits per heavy atom. The van der Waals surface area contributed by atoms with Crippen LogP contribution >= 0.6 is 11.8 Å². The number of amides is 2. The van der Waals surface area contributed by atoms with Gasteiger partial charge in [-0.25, -0.2) is 4.79 Å². The number of para-hydroxylation sites is 1. The van der Waals surface area contributed by atoms with Gasteiger partial charge in [0.1, 0.15) is 11.0 Å². The maximum Gasteiger partial charge on any atom is 0.343 e. The second-order valence-corrected chi connectivity index (χ2v) is 8.88. The van der Waals surface area contributed by atoms with Crippen LogP contribution in [-0.2, 0) is 9.59 Å². The quantitative estimate of drug-likeness (QED) is 0.226. The van der Waals surface area contributed by atoms with Crippen LogP contribution in [0.3, 0.4) is 0 Å². The number of nitrogens with one attached hydrogen (secondary N) is 2. The van der Waals surface area contributed by atoms with Crippen LogP contribution in [0.25, 0.3) is 0 Å². The lowest BCUT2D eigenvalue weighted by atomic mass is 10.1. The summed E-state index contributed by atoms with van der Waals surface area (Å²) in [6, 6.07) is 23.0. The third kappa shape index (κ3) is 6.87. The second kappa shape index (κ2) is 11.3. The molecule has 1 aliphatic rings. The number of amidine groups is 1. The first-order chi connectivity index (χ1) is 17.0. The maximum absolute atomic E-state index is 12.3. The molecule has 1 atom stereocenters. The molecule has 0 radical (unpaired) electrons. The molecule has 1 fully saturated rings. The third-order valence-electron chi connectivity index (χ3n) is 4.92. The minimum atomic E-state index is -0.586. The van der Waals surface area contributed by atoms with E-state index in [0.29, 0.717) is 27.7 Å². The molecule has 0 aromatic heterocycles. The highest BCUT2D eigenvalue weighted by atomic mass is 32.2. The molecule has 3 aromatic rings.